The van der Waals surface area contributed by atoms with Crippen LogP contribution >= 0.6 is 27.5 Å². The Kier molecular flexibility index (Phi) is 6.44. The molecule has 1 aliphatic heterocycles. The predicted octanol–water partition coefficient (Wildman–Crippen LogP) is 3.61. The zero-order chi connectivity index (χ0) is 19.4. The Balaban J connectivity index is 1.81. The number of rotatable bonds is 5. The molecule has 27 heavy (non-hydrogen) atoms. The monoisotopic (exact) mass is 455 g/mol. The van der Waals surface area contributed by atoms with E-state index in [0.29, 0.717) is 41.7 Å². The van der Waals surface area contributed by atoms with Crippen LogP contribution in [0.5, 0.6) is 0 Å². The van der Waals surface area contributed by atoms with E-state index < -0.39 is 5.82 Å². The van der Waals surface area contributed by atoms with Crippen molar-refractivity contribution in [3.05, 3.63) is 39.2 Å². The van der Waals surface area contributed by atoms with Crippen LogP contribution in [0.1, 0.15) is 12.0 Å². The lowest BCUT2D eigenvalue weighted by molar-refractivity contribution is 0.0698. The lowest BCUT2D eigenvalue weighted by atomic mass is 9.96. The first-order valence-electron chi connectivity index (χ1n) is 8.14. The largest absolute Gasteiger partial charge is 0.392 e. The van der Waals surface area contributed by atoms with Crippen LogP contribution in [0, 0.1) is 23.1 Å². The predicted molar refractivity (Wildman–Crippen MR) is 102 cm³/mol. The molecule has 0 saturated carbocycles. The van der Waals surface area contributed by atoms with Crippen molar-refractivity contribution < 1.29 is 14.2 Å². The lowest BCUT2D eigenvalue weighted by Gasteiger charge is -2.28. The van der Waals surface area contributed by atoms with E-state index in [-0.39, 0.29) is 29.0 Å². The third kappa shape index (κ3) is 4.65. The van der Waals surface area contributed by atoms with Crippen molar-refractivity contribution in [1.82, 2.24) is 9.97 Å². The number of aliphatic hydroxyl groups is 1. The molecule has 1 saturated heterocycles. The number of aromatic nitrogens is 2. The molecule has 0 radical (unpaired) electrons. The van der Waals surface area contributed by atoms with Gasteiger partial charge in [0, 0.05) is 12.3 Å². The first kappa shape index (κ1) is 19.8. The third-order valence-corrected chi connectivity index (χ3v) is 5.28. The molecule has 2 heterocycles. The van der Waals surface area contributed by atoms with Gasteiger partial charge in [-0.3, -0.25) is 0 Å². The van der Waals surface area contributed by atoms with Crippen LogP contribution < -0.4 is 10.6 Å². The van der Waals surface area contributed by atoms with E-state index >= 15 is 0 Å². The Morgan fingerprint density at radius 3 is 3.04 bits per heavy atom. The van der Waals surface area contributed by atoms with Gasteiger partial charge >= 0.3 is 0 Å². The minimum Gasteiger partial charge on any atom is -0.392 e. The van der Waals surface area contributed by atoms with Gasteiger partial charge in [-0.25, -0.2) is 9.37 Å². The molecule has 2 atom stereocenters. The number of anilines is 3. The molecule has 1 aromatic carbocycles. The van der Waals surface area contributed by atoms with E-state index in [4.69, 9.17) is 16.3 Å². The second kappa shape index (κ2) is 8.80. The number of nitriles is 1. The van der Waals surface area contributed by atoms with Crippen molar-refractivity contribution in [3.63, 3.8) is 0 Å². The van der Waals surface area contributed by atoms with Gasteiger partial charge in [0.2, 0.25) is 5.95 Å². The maximum Gasteiger partial charge on any atom is 0.229 e. The first-order chi connectivity index (χ1) is 13.0. The smallest absolute Gasteiger partial charge is 0.229 e. The summed E-state index contributed by atoms with van der Waals surface area (Å²) in [4.78, 5) is 8.40. The topological polar surface area (TPSA) is 103 Å². The molecule has 0 bridgehead atoms. The second-order valence-corrected chi connectivity index (χ2v) is 7.15. The Labute approximate surface area is 168 Å². The number of nitrogens with zero attached hydrogens (tertiary/aromatic N) is 3. The Morgan fingerprint density at radius 2 is 2.30 bits per heavy atom. The summed E-state index contributed by atoms with van der Waals surface area (Å²) in [5.74, 6) is -0.191. The minimum atomic E-state index is -0.521. The van der Waals surface area contributed by atoms with Crippen LogP contribution in [0.25, 0.3) is 0 Å². The molecule has 142 valence electrons. The van der Waals surface area contributed by atoms with Crippen LogP contribution in [0.15, 0.2) is 22.8 Å². The number of hydrogen-bond donors (Lipinski definition) is 3. The Bertz CT molecular complexity index is 879. The van der Waals surface area contributed by atoms with Gasteiger partial charge < -0.3 is 20.5 Å². The molecular weight excluding hydrogens is 441 g/mol. The van der Waals surface area contributed by atoms with Crippen molar-refractivity contribution >= 4 is 45.0 Å². The van der Waals surface area contributed by atoms with Gasteiger partial charge in [0.05, 0.1) is 41.9 Å². The SMILES string of the molecule is N#CC1CCOC[C@@H]1Nc1nc(Nc2cc(F)c(Br)c(CO)c2)ncc1Cl. The molecular formula is C17H16BrClFN5O2. The van der Waals surface area contributed by atoms with Crippen LogP contribution in [-0.4, -0.2) is 34.3 Å². The highest BCUT2D eigenvalue weighted by molar-refractivity contribution is 9.10. The summed E-state index contributed by atoms with van der Waals surface area (Å²) in [7, 11) is 0. The molecule has 7 nitrogen and oxygen atoms in total. The standard InChI is InChI=1S/C17H16BrClFN5O2/c18-15-10(7-26)3-11(4-13(15)20)23-17-22-6-12(19)16(25-17)24-14-8-27-2-1-9(14)5-21/h3-4,6,9,14,26H,1-2,7-8H2,(H2,22,23,24,25)/t9?,14-/m0/s1. The summed E-state index contributed by atoms with van der Waals surface area (Å²) >= 11 is 9.25. The first-order valence-corrected chi connectivity index (χ1v) is 9.31. The van der Waals surface area contributed by atoms with Gasteiger partial charge in [-0.1, -0.05) is 11.6 Å². The van der Waals surface area contributed by atoms with Crippen molar-refractivity contribution in [2.75, 3.05) is 23.8 Å². The summed E-state index contributed by atoms with van der Waals surface area (Å²) in [6.07, 6.45) is 2.04. The number of benzene rings is 1. The van der Waals surface area contributed by atoms with Gasteiger partial charge in [0.1, 0.15) is 10.8 Å². The van der Waals surface area contributed by atoms with Crippen molar-refractivity contribution in [1.29, 1.82) is 5.26 Å². The number of halogens is 3. The zero-order valence-corrected chi connectivity index (χ0v) is 16.4. The second-order valence-electron chi connectivity index (χ2n) is 5.95. The molecule has 1 fully saturated rings. The highest BCUT2D eigenvalue weighted by atomic mass is 79.9. The van der Waals surface area contributed by atoms with Crippen LogP contribution in [0.2, 0.25) is 5.02 Å². The van der Waals surface area contributed by atoms with Crippen molar-refractivity contribution in [2.24, 2.45) is 5.92 Å². The summed E-state index contributed by atoms with van der Waals surface area (Å²) in [5, 5.41) is 24.9. The average molecular weight is 457 g/mol. The third-order valence-electron chi connectivity index (χ3n) is 4.12. The highest BCUT2D eigenvalue weighted by Crippen LogP contribution is 2.28. The van der Waals surface area contributed by atoms with E-state index in [9.17, 15) is 14.8 Å². The van der Waals surface area contributed by atoms with Gasteiger partial charge in [-0.05, 0) is 40.0 Å². The van der Waals surface area contributed by atoms with E-state index in [1.165, 1.54) is 12.3 Å². The molecule has 1 aromatic heterocycles. The average Bonchev–Trinajstić information content (AvgIpc) is 2.67. The molecule has 1 unspecified atom stereocenters. The Morgan fingerprint density at radius 1 is 1.48 bits per heavy atom. The van der Waals surface area contributed by atoms with Crippen molar-refractivity contribution in [2.45, 2.75) is 19.1 Å². The number of ether oxygens (including phenoxy) is 1. The maximum atomic E-state index is 13.9. The normalized spacial score (nSPS) is 19.4. The molecule has 3 N–H and O–H groups in total. The van der Waals surface area contributed by atoms with Crippen LogP contribution in [0.4, 0.5) is 21.8 Å². The van der Waals surface area contributed by atoms with Crippen molar-refractivity contribution in [3.8, 4) is 6.07 Å². The number of hydrogen-bond acceptors (Lipinski definition) is 7. The molecule has 10 heteroatoms. The van der Waals surface area contributed by atoms with Gasteiger partial charge in [-0.15, -0.1) is 0 Å². The molecule has 0 spiro atoms. The zero-order valence-electron chi connectivity index (χ0n) is 14.0. The van der Waals surface area contributed by atoms with Gasteiger partial charge in [-0.2, -0.15) is 10.2 Å². The summed E-state index contributed by atoms with van der Waals surface area (Å²) < 4.78 is 19.6. The highest BCUT2D eigenvalue weighted by Gasteiger charge is 2.26. The Hall–Kier alpha value is -1.99. The fraction of sp³-hybridized carbons (Fsp3) is 0.353. The van der Waals surface area contributed by atoms with E-state index in [2.05, 4.69) is 42.6 Å². The summed E-state index contributed by atoms with van der Waals surface area (Å²) in [6.45, 7) is 0.598. The summed E-state index contributed by atoms with van der Waals surface area (Å²) in [6, 6.07) is 4.86. The number of nitrogens with one attached hydrogen (secondary N) is 2. The van der Waals surface area contributed by atoms with Gasteiger partial charge in [0.15, 0.2) is 5.82 Å². The molecule has 1 aliphatic rings. The van der Waals surface area contributed by atoms with Crippen LogP contribution in [-0.2, 0) is 11.3 Å². The molecule has 2 aromatic rings. The minimum absolute atomic E-state index is 0.192. The molecule has 0 aliphatic carbocycles. The molecule has 0 amide bonds. The molecule has 3 rings (SSSR count). The van der Waals surface area contributed by atoms with E-state index in [0.717, 1.165) is 0 Å². The van der Waals surface area contributed by atoms with E-state index in [1.54, 1.807) is 6.07 Å². The van der Waals surface area contributed by atoms with Gasteiger partial charge in [0.25, 0.3) is 0 Å². The number of aliphatic hydroxyl groups excluding tert-OH is 1. The van der Waals surface area contributed by atoms with Crippen LogP contribution in [0.3, 0.4) is 0 Å². The maximum absolute atomic E-state index is 13.9. The quantitative estimate of drug-likeness (QED) is 0.631. The fourth-order valence-electron chi connectivity index (χ4n) is 2.70. The summed E-state index contributed by atoms with van der Waals surface area (Å²) in [5.41, 5.74) is 0.768. The lowest BCUT2D eigenvalue weighted by Crippen LogP contribution is -2.38. The fourth-order valence-corrected chi connectivity index (χ4v) is 3.20. The van der Waals surface area contributed by atoms with E-state index in [1.807, 2.05) is 0 Å².